The third-order valence-corrected chi connectivity index (χ3v) is 2.25. The number of rotatable bonds is 6. The summed E-state index contributed by atoms with van der Waals surface area (Å²) >= 11 is 0. The number of aliphatic carboxylic acids is 1. The third-order valence-electron chi connectivity index (χ3n) is 2.25. The molecule has 0 aliphatic heterocycles. The highest BCUT2D eigenvalue weighted by atomic mass is 16.5. The molecule has 4 heteroatoms. The minimum absolute atomic E-state index is 0.245. The second-order valence-electron chi connectivity index (χ2n) is 3.75. The number of ether oxygens (including phenoxy) is 1. The van der Waals surface area contributed by atoms with Gasteiger partial charge in [0, 0.05) is 6.08 Å². The van der Waals surface area contributed by atoms with E-state index < -0.39 is 5.97 Å². The van der Waals surface area contributed by atoms with Gasteiger partial charge in [0.15, 0.2) is 0 Å². The van der Waals surface area contributed by atoms with Crippen molar-refractivity contribution in [2.45, 2.75) is 13.3 Å². The number of esters is 1. The maximum Gasteiger partial charge on any atom is 0.328 e. The molecule has 100 valence electrons. The fraction of sp³-hybridized carbons (Fsp3) is 0.200. The van der Waals surface area contributed by atoms with E-state index in [1.165, 1.54) is 6.08 Å². The number of benzene rings is 1. The highest BCUT2D eigenvalue weighted by Crippen LogP contribution is 2.08. The summed E-state index contributed by atoms with van der Waals surface area (Å²) in [5.74, 6) is -1.22. The molecule has 1 rings (SSSR count). The summed E-state index contributed by atoms with van der Waals surface area (Å²) in [5, 5.41) is 8.50. The Hall–Kier alpha value is -2.36. The molecule has 0 fully saturated rings. The van der Waals surface area contributed by atoms with E-state index in [1.54, 1.807) is 13.0 Å². The largest absolute Gasteiger partial charge is 0.478 e. The quantitative estimate of drug-likeness (QED) is 0.631. The van der Waals surface area contributed by atoms with Crippen LogP contribution in [-0.4, -0.2) is 23.7 Å². The van der Waals surface area contributed by atoms with E-state index in [1.807, 2.05) is 30.3 Å². The highest BCUT2D eigenvalue weighted by Gasteiger charge is 1.96. The van der Waals surface area contributed by atoms with Gasteiger partial charge in [-0.15, -0.1) is 0 Å². The summed E-state index contributed by atoms with van der Waals surface area (Å²) in [7, 11) is 0. The highest BCUT2D eigenvalue weighted by molar-refractivity contribution is 5.85. The molecule has 0 aliphatic carbocycles. The van der Waals surface area contributed by atoms with Crippen LogP contribution in [-0.2, 0) is 14.3 Å². The molecule has 0 radical (unpaired) electrons. The van der Waals surface area contributed by atoms with E-state index in [4.69, 9.17) is 9.84 Å². The molecule has 0 heterocycles. The van der Waals surface area contributed by atoms with Crippen LogP contribution < -0.4 is 0 Å². The van der Waals surface area contributed by atoms with E-state index in [0.717, 1.165) is 17.2 Å². The molecule has 1 N–H and O–H groups in total. The molecular formula is C15H16O4. The lowest BCUT2D eigenvalue weighted by atomic mass is 10.1. The minimum Gasteiger partial charge on any atom is -0.478 e. The molecular weight excluding hydrogens is 244 g/mol. The van der Waals surface area contributed by atoms with Crippen LogP contribution in [0.3, 0.4) is 0 Å². The zero-order valence-electron chi connectivity index (χ0n) is 10.7. The van der Waals surface area contributed by atoms with Crippen molar-refractivity contribution in [1.82, 2.24) is 0 Å². The van der Waals surface area contributed by atoms with E-state index in [2.05, 4.69) is 0 Å². The lowest BCUT2D eigenvalue weighted by Crippen LogP contribution is -2.01. The van der Waals surface area contributed by atoms with Crippen LogP contribution >= 0.6 is 0 Å². The monoisotopic (exact) mass is 260 g/mol. The molecule has 4 nitrogen and oxygen atoms in total. The number of carboxylic acid groups (broad SMARTS) is 1. The Kier molecular flexibility index (Phi) is 6.09. The number of carboxylic acids is 1. The van der Waals surface area contributed by atoms with Crippen LogP contribution in [0.15, 0.2) is 36.4 Å². The predicted molar refractivity (Wildman–Crippen MR) is 73.4 cm³/mol. The van der Waals surface area contributed by atoms with Crippen molar-refractivity contribution >= 4 is 24.1 Å². The number of carbonyl (C=O) groups is 2. The Bertz CT molecular complexity index is 483. The number of carbonyl (C=O) groups excluding carboxylic acids is 1. The SMILES string of the molecule is CCOC(=O)CC=Cc1ccc(/C=C/C(=O)O)cc1. The summed E-state index contributed by atoms with van der Waals surface area (Å²) in [6.45, 7) is 2.16. The van der Waals surface area contributed by atoms with Gasteiger partial charge in [0.2, 0.25) is 0 Å². The van der Waals surface area contributed by atoms with Crippen LogP contribution in [0.2, 0.25) is 0 Å². The molecule has 19 heavy (non-hydrogen) atoms. The van der Waals surface area contributed by atoms with Gasteiger partial charge < -0.3 is 9.84 Å². The Balaban J connectivity index is 2.54. The van der Waals surface area contributed by atoms with Gasteiger partial charge in [-0.1, -0.05) is 36.4 Å². The lowest BCUT2D eigenvalue weighted by Gasteiger charge is -1.97. The maximum absolute atomic E-state index is 11.1. The van der Waals surface area contributed by atoms with Gasteiger partial charge in [-0.3, -0.25) is 4.79 Å². The van der Waals surface area contributed by atoms with Crippen molar-refractivity contribution in [1.29, 1.82) is 0 Å². The number of hydrogen-bond donors (Lipinski definition) is 1. The lowest BCUT2D eigenvalue weighted by molar-refractivity contribution is -0.142. The Morgan fingerprint density at radius 1 is 1.16 bits per heavy atom. The third kappa shape index (κ3) is 6.21. The van der Waals surface area contributed by atoms with Crippen molar-refractivity contribution in [3.63, 3.8) is 0 Å². The average Bonchev–Trinajstić information content (AvgIpc) is 2.38. The standard InChI is InChI=1S/C15H16O4/c1-2-19-15(18)5-3-4-12-6-8-13(9-7-12)10-11-14(16)17/h3-4,6-11H,2,5H2,1H3,(H,16,17)/b4-3?,11-10+. The summed E-state index contributed by atoms with van der Waals surface area (Å²) in [4.78, 5) is 21.5. The summed E-state index contributed by atoms with van der Waals surface area (Å²) in [6.07, 6.45) is 6.41. The van der Waals surface area contributed by atoms with Crippen LogP contribution in [0.25, 0.3) is 12.2 Å². The molecule has 1 aromatic rings. The fourth-order valence-electron chi connectivity index (χ4n) is 1.40. The molecule has 0 saturated carbocycles. The van der Waals surface area contributed by atoms with E-state index in [-0.39, 0.29) is 12.4 Å². The van der Waals surface area contributed by atoms with E-state index >= 15 is 0 Å². The fourth-order valence-corrected chi connectivity index (χ4v) is 1.40. The predicted octanol–water partition coefficient (Wildman–Crippen LogP) is 2.75. The summed E-state index contributed by atoms with van der Waals surface area (Å²) in [5.41, 5.74) is 1.75. The first-order chi connectivity index (χ1) is 9.11. The first-order valence-electron chi connectivity index (χ1n) is 5.95. The minimum atomic E-state index is -0.974. The van der Waals surface area contributed by atoms with Crippen molar-refractivity contribution in [3.8, 4) is 0 Å². The normalized spacial score (nSPS) is 11.0. The molecule has 0 spiro atoms. The molecule has 0 amide bonds. The van der Waals surface area contributed by atoms with E-state index in [0.29, 0.717) is 6.61 Å². The van der Waals surface area contributed by atoms with Gasteiger partial charge in [0.25, 0.3) is 0 Å². The van der Waals surface area contributed by atoms with E-state index in [9.17, 15) is 9.59 Å². The van der Waals surface area contributed by atoms with Crippen LogP contribution in [0, 0.1) is 0 Å². The van der Waals surface area contributed by atoms with Gasteiger partial charge in [-0.25, -0.2) is 4.79 Å². The van der Waals surface area contributed by atoms with Gasteiger partial charge in [0.05, 0.1) is 13.0 Å². The van der Waals surface area contributed by atoms with Crippen molar-refractivity contribution in [3.05, 3.63) is 47.5 Å². The van der Waals surface area contributed by atoms with Crippen LogP contribution in [0.5, 0.6) is 0 Å². The van der Waals surface area contributed by atoms with Gasteiger partial charge >= 0.3 is 11.9 Å². The number of hydrogen-bond acceptors (Lipinski definition) is 3. The molecule has 0 aliphatic rings. The summed E-state index contributed by atoms with van der Waals surface area (Å²) < 4.78 is 4.80. The molecule has 0 bridgehead atoms. The first kappa shape index (κ1) is 14.7. The molecule has 0 aromatic heterocycles. The first-order valence-corrected chi connectivity index (χ1v) is 5.95. The van der Waals surface area contributed by atoms with Crippen molar-refractivity contribution in [2.24, 2.45) is 0 Å². The zero-order chi connectivity index (χ0) is 14.1. The van der Waals surface area contributed by atoms with Gasteiger partial charge in [-0.05, 0) is 24.1 Å². The maximum atomic E-state index is 11.1. The molecule has 0 unspecified atom stereocenters. The topological polar surface area (TPSA) is 63.6 Å². The Morgan fingerprint density at radius 2 is 1.74 bits per heavy atom. The Labute approximate surface area is 112 Å². The molecule has 0 atom stereocenters. The second-order valence-corrected chi connectivity index (χ2v) is 3.75. The van der Waals surface area contributed by atoms with Crippen molar-refractivity contribution in [2.75, 3.05) is 6.61 Å². The van der Waals surface area contributed by atoms with Gasteiger partial charge in [0.1, 0.15) is 0 Å². The second kappa shape index (κ2) is 7.87. The van der Waals surface area contributed by atoms with Crippen LogP contribution in [0.4, 0.5) is 0 Å². The smallest absolute Gasteiger partial charge is 0.328 e. The zero-order valence-corrected chi connectivity index (χ0v) is 10.7. The van der Waals surface area contributed by atoms with Crippen LogP contribution in [0.1, 0.15) is 24.5 Å². The summed E-state index contributed by atoms with van der Waals surface area (Å²) in [6, 6.07) is 7.32. The van der Waals surface area contributed by atoms with Crippen molar-refractivity contribution < 1.29 is 19.4 Å². The molecule has 1 aromatic carbocycles. The average molecular weight is 260 g/mol. The van der Waals surface area contributed by atoms with Gasteiger partial charge in [-0.2, -0.15) is 0 Å². The Morgan fingerprint density at radius 3 is 2.26 bits per heavy atom. The molecule has 0 saturated heterocycles.